The Morgan fingerprint density at radius 2 is 1.83 bits per heavy atom. The second-order valence-corrected chi connectivity index (χ2v) is 6.29. The summed E-state index contributed by atoms with van der Waals surface area (Å²) in [6, 6.07) is 7.36. The topological polar surface area (TPSA) is 57.5 Å². The van der Waals surface area contributed by atoms with E-state index in [0.717, 1.165) is 23.1 Å². The van der Waals surface area contributed by atoms with Gasteiger partial charge in [0.05, 0.1) is 11.1 Å². The molecule has 2 aromatic carbocycles. The summed E-state index contributed by atoms with van der Waals surface area (Å²) in [5.74, 6) is -0.380. The number of carbonyl (C=O) groups excluding carboxylic acids is 1. The van der Waals surface area contributed by atoms with E-state index in [-0.39, 0.29) is 17.3 Å². The van der Waals surface area contributed by atoms with Crippen molar-refractivity contribution < 1.29 is 15.0 Å². The molecule has 0 saturated carbocycles. The first-order valence-corrected chi connectivity index (χ1v) is 8.13. The van der Waals surface area contributed by atoms with Crippen molar-refractivity contribution in [2.24, 2.45) is 0 Å². The van der Waals surface area contributed by atoms with E-state index >= 15 is 0 Å². The largest absolute Gasteiger partial charge is 0.507 e. The van der Waals surface area contributed by atoms with Crippen LogP contribution in [0.25, 0.3) is 16.7 Å². The molecular formula is C21H24O3. The number of aryl methyl sites for hydroxylation is 2. The lowest BCUT2D eigenvalue weighted by Crippen LogP contribution is -2.02. The van der Waals surface area contributed by atoms with Gasteiger partial charge in [-0.05, 0) is 49.9 Å². The van der Waals surface area contributed by atoms with Crippen molar-refractivity contribution in [2.75, 3.05) is 0 Å². The summed E-state index contributed by atoms with van der Waals surface area (Å²) >= 11 is 0. The monoisotopic (exact) mass is 324 g/mol. The van der Waals surface area contributed by atoms with Crippen LogP contribution >= 0.6 is 0 Å². The summed E-state index contributed by atoms with van der Waals surface area (Å²) in [6.45, 7) is 11.2. The number of carbonyl (C=O) groups is 1. The molecule has 0 fully saturated rings. The molecule has 0 heterocycles. The Bertz CT molecular complexity index is 816. The van der Waals surface area contributed by atoms with Gasteiger partial charge in [-0.25, -0.2) is 0 Å². The number of hydrogen-bond donors (Lipinski definition) is 2. The Morgan fingerprint density at radius 3 is 2.38 bits per heavy atom. The summed E-state index contributed by atoms with van der Waals surface area (Å²) in [5.41, 5.74) is 4.60. The highest BCUT2D eigenvalue weighted by molar-refractivity contribution is 6.02. The van der Waals surface area contributed by atoms with Crippen LogP contribution in [0.2, 0.25) is 0 Å². The van der Waals surface area contributed by atoms with Gasteiger partial charge in [-0.1, -0.05) is 49.3 Å². The third-order valence-corrected chi connectivity index (χ3v) is 4.14. The SMILES string of the molecule is C=C(C)c1ccc(C)cc1-c1c(O)cc(CCC)c(C(C)=O)c1O. The van der Waals surface area contributed by atoms with Crippen molar-refractivity contribution in [3.63, 3.8) is 0 Å². The molecule has 0 aliphatic heterocycles. The maximum absolute atomic E-state index is 12.1. The summed E-state index contributed by atoms with van der Waals surface area (Å²) < 4.78 is 0. The molecule has 0 unspecified atom stereocenters. The van der Waals surface area contributed by atoms with Crippen LogP contribution in [0, 0.1) is 6.92 Å². The Labute approximate surface area is 143 Å². The van der Waals surface area contributed by atoms with Crippen LogP contribution in [0.1, 0.15) is 54.2 Å². The Kier molecular flexibility index (Phi) is 5.13. The van der Waals surface area contributed by atoms with E-state index in [1.54, 1.807) is 6.07 Å². The van der Waals surface area contributed by atoms with Crippen LogP contribution in [0.5, 0.6) is 11.5 Å². The van der Waals surface area contributed by atoms with Crippen LogP contribution in [0.4, 0.5) is 0 Å². The highest BCUT2D eigenvalue weighted by Crippen LogP contribution is 2.44. The number of hydrogen-bond acceptors (Lipinski definition) is 3. The van der Waals surface area contributed by atoms with E-state index in [2.05, 4.69) is 6.58 Å². The molecule has 0 aliphatic carbocycles. The van der Waals surface area contributed by atoms with E-state index in [1.165, 1.54) is 6.92 Å². The average molecular weight is 324 g/mol. The van der Waals surface area contributed by atoms with Gasteiger partial charge in [0.15, 0.2) is 5.78 Å². The van der Waals surface area contributed by atoms with Crippen molar-refractivity contribution in [3.8, 4) is 22.6 Å². The van der Waals surface area contributed by atoms with Crippen molar-refractivity contribution >= 4 is 11.4 Å². The number of rotatable bonds is 5. The summed E-state index contributed by atoms with van der Waals surface area (Å²) in [4.78, 5) is 12.1. The molecule has 0 spiro atoms. The minimum absolute atomic E-state index is 0.0194. The zero-order valence-electron chi connectivity index (χ0n) is 14.7. The van der Waals surface area contributed by atoms with Crippen LogP contribution in [-0.4, -0.2) is 16.0 Å². The normalized spacial score (nSPS) is 10.7. The number of allylic oxidation sites excluding steroid dienone is 1. The molecule has 2 aromatic rings. The second-order valence-electron chi connectivity index (χ2n) is 6.29. The van der Waals surface area contributed by atoms with E-state index in [4.69, 9.17) is 0 Å². The predicted octanol–water partition coefficient (Wildman–Crippen LogP) is 5.26. The van der Waals surface area contributed by atoms with E-state index in [9.17, 15) is 15.0 Å². The van der Waals surface area contributed by atoms with E-state index in [1.807, 2.05) is 39.0 Å². The van der Waals surface area contributed by atoms with Crippen LogP contribution < -0.4 is 0 Å². The van der Waals surface area contributed by atoms with Crippen molar-refractivity contribution in [2.45, 2.75) is 40.5 Å². The smallest absolute Gasteiger partial charge is 0.163 e. The highest BCUT2D eigenvalue weighted by atomic mass is 16.3. The minimum Gasteiger partial charge on any atom is -0.507 e. The molecule has 0 radical (unpaired) electrons. The maximum atomic E-state index is 12.1. The number of aromatic hydroxyl groups is 2. The van der Waals surface area contributed by atoms with Gasteiger partial charge in [-0.15, -0.1) is 0 Å². The Hall–Kier alpha value is -2.55. The number of phenolic OH excluding ortho intramolecular Hbond substituents is 2. The molecule has 24 heavy (non-hydrogen) atoms. The fourth-order valence-corrected chi connectivity index (χ4v) is 3.07. The van der Waals surface area contributed by atoms with Gasteiger partial charge < -0.3 is 10.2 Å². The number of Topliss-reactive ketones (excluding diaryl/α,β-unsaturated/α-hetero) is 1. The second kappa shape index (κ2) is 6.91. The zero-order valence-corrected chi connectivity index (χ0v) is 14.7. The molecule has 2 N–H and O–H groups in total. The average Bonchev–Trinajstić information content (AvgIpc) is 2.46. The summed E-state index contributed by atoms with van der Waals surface area (Å²) in [5, 5.41) is 21.3. The molecular weight excluding hydrogens is 300 g/mol. The van der Waals surface area contributed by atoms with Crippen molar-refractivity contribution in [1.82, 2.24) is 0 Å². The third kappa shape index (κ3) is 3.21. The molecule has 126 valence electrons. The fraction of sp³-hybridized carbons (Fsp3) is 0.286. The van der Waals surface area contributed by atoms with E-state index in [0.29, 0.717) is 28.7 Å². The Morgan fingerprint density at radius 1 is 1.17 bits per heavy atom. The quantitative estimate of drug-likeness (QED) is 0.737. The maximum Gasteiger partial charge on any atom is 0.163 e. The first kappa shape index (κ1) is 17.8. The first-order chi connectivity index (χ1) is 11.3. The van der Waals surface area contributed by atoms with Crippen LogP contribution in [0.15, 0.2) is 30.8 Å². The van der Waals surface area contributed by atoms with Gasteiger partial charge >= 0.3 is 0 Å². The van der Waals surface area contributed by atoms with E-state index < -0.39 is 0 Å². The Balaban J connectivity index is 2.86. The molecule has 0 bridgehead atoms. The molecule has 0 aromatic heterocycles. The van der Waals surface area contributed by atoms with Crippen molar-refractivity contribution in [1.29, 1.82) is 0 Å². The van der Waals surface area contributed by atoms with Crippen LogP contribution in [-0.2, 0) is 6.42 Å². The molecule has 3 nitrogen and oxygen atoms in total. The molecule has 0 atom stereocenters. The summed E-state index contributed by atoms with van der Waals surface area (Å²) in [7, 11) is 0. The molecule has 2 rings (SSSR count). The van der Waals surface area contributed by atoms with Gasteiger partial charge in [-0.3, -0.25) is 4.79 Å². The number of phenols is 2. The van der Waals surface area contributed by atoms with Gasteiger partial charge in [-0.2, -0.15) is 0 Å². The van der Waals surface area contributed by atoms with Gasteiger partial charge in [0.25, 0.3) is 0 Å². The number of ketones is 1. The molecule has 0 aliphatic rings. The lowest BCUT2D eigenvalue weighted by Gasteiger charge is -2.18. The third-order valence-electron chi connectivity index (χ3n) is 4.14. The van der Waals surface area contributed by atoms with Gasteiger partial charge in [0.1, 0.15) is 11.5 Å². The molecule has 0 amide bonds. The fourth-order valence-electron chi connectivity index (χ4n) is 3.07. The first-order valence-electron chi connectivity index (χ1n) is 8.13. The van der Waals surface area contributed by atoms with Crippen molar-refractivity contribution in [3.05, 3.63) is 53.1 Å². The molecule has 3 heteroatoms. The highest BCUT2D eigenvalue weighted by Gasteiger charge is 2.23. The lowest BCUT2D eigenvalue weighted by molar-refractivity contribution is 0.101. The lowest BCUT2D eigenvalue weighted by atomic mass is 9.88. The standard InChI is InChI=1S/C21H24O3/c1-6-7-15-11-18(23)20(21(24)19(15)14(5)22)17-10-13(4)8-9-16(17)12(2)3/h8-11,23-24H,2,6-7H2,1,3-5H3. The molecule has 0 saturated heterocycles. The number of benzene rings is 2. The zero-order chi connectivity index (χ0) is 18.0. The predicted molar refractivity (Wildman–Crippen MR) is 98.7 cm³/mol. The summed E-state index contributed by atoms with van der Waals surface area (Å²) in [6.07, 6.45) is 1.44. The minimum atomic E-state index is -0.207. The van der Waals surface area contributed by atoms with Gasteiger partial charge in [0.2, 0.25) is 0 Å². The van der Waals surface area contributed by atoms with Gasteiger partial charge in [0, 0.05) is 0 Å². The van der Waals surface area contributed by atoms with Crippen LogP contribution in [0.3, 0.4) is 0 Å².